The third-order valence-electron chi connectivity index (χ3n) is 2.91. The number of hydrogen-bond acceptors (Lipinski definition) is 3. The standard InChI is InChI=1S/C14H19FO3/c1-5-18-13(16)12(15)14(4,17)11-7-6-9(2)8-10(11)3/h6-8,12,17H,5H2,1-4H3. The lowest BCUT2D eigenvalue weighted by atomic mass is 9.87. The van der Waals surface area contributed by atoms with Crippen LogP contribution in [0.15, 0.2) is 18.2 Å². The normalized spacial score (nSPS) is 15.9. The van der Waals surface area contributed by atoms with E-state index in [0.29, 0.717) is 5.56 Å². The van der Waals surface area contributed by atoms with Crippen molar-refractivity contribution in [1.29, 1.82) is 0 Å². The van der Waals surface area contributed by atoms with Crippen LogP contribution in [0.5, 0.6) is 0 Å². The van der Waals surface area contributed by atoms with Crippen molar-refractivity contribution in [3.05, 3.63) is 34.9 Å². The zero-order valence-electron chi connectivity index (χ0n) is 11.2. The number of esters is 1. The molecule has 4 heteroatoms. The molecule has 1 aromatic carbocycles. The average molecular weight is 254 g/mol. The van der Waals surface area contributed by atoms with E-state index >= 15 is 0 Å². The zero-order chi connectivity index (χ0) is 13.9. The van der Waals surface area contributed by atoms with E-state index in [1.54, 1.807) is 26.0 Å². The maximum atomic E-state index is 14.0. The van der Waals surface area contributed by atoms with Gasteiger partial charge in [0.25, 0.3) is 0 Å². The minimum Gasteiger partial charge on any atom is -0.464 e. The molecule has 1 aromatic rings. The molecule has 0 aliphatic rings. The van der Waals surface area contributed by atoms with Gasteiger partial charge in [-0.1, -0.05) is 23.8 Å². The quantitative estimate of drug-likeness (QED) is 0.839. The fourth-order valence-corrected chi connectivity index (χ4v) is 1.96. The number of carbonyl (C=O) groups excluding carboxylic acids is 1. The van der Waals surface area contributed by atoms with Gasteiger partial charge < -0.3 is 9.84 Å². The van der Waals surface area contributed by atoms with Crippen molar-refractivity contribution in [3.8, 4) is 0 Å². The molecule has 0 saturated heterocycles. The molecule has 0 saturated carbocycles. The van der Waals surface area contributed by atoms with Crippen molar-refractivity contribution >= 4 is 5.97 Å². The average Bonchev–Trinajstić information content (AvgIpc) is 2.27. The summed E-state index contributed by atoms with van der Waals surface area (Å²) in [7, 11) is 0. The molecule has 0 amide bonds. The molecule has 0 radical (unpaired) electrons. The van der Waals surface area contributed by atoms with E-state index in [2.05, 4.69) is 4.74 Å². The van der Waals surface area contributed by atoms with Crippen molar-refractivity contribution in [2.45, 2.75) is 39.5 Å². The summed E-state index contributed by atoms with van der Waals surface area (Å²) in [4.78, 5) is 11.4. The second-order valence-electron chi connectivity index (χ2n) is 4.58. The Balaban J connectivity index is 3.08. The van der Waals surface area contributed by atoms with Crippen LogP contribution in [0, 0.1) is 13.8 Å². The predicted molar refractivity (Wildman–Crippen MR) is 67.0 cm³/mol. The molecule has 0 aromatic heterocycles. The van der Waals surface area contributed by atoms with Crippen molar-refractivity contribution in [1.82, 2.24) is 0 Å². The highest BCUT2D eigenvalue weighted by Gasteiger charge is 2.41. The van der Waals surface area contributed by atoms with Gasteiger partial charge in [0.1, 0.15) is 5.60 Å². The fourth-order valence-electron chi connectivity index (χ4n) is 1.96. The summed E-state index contributed by atoms with van der Waals surface area (Å²) in [6.07, 6.45) is -2.10. The Bertz CT molecular complexity index is 441. The third-order valence-corrected chi connectivity index (χ3v) is 2.91. The van der Waals surface area contributed by atoms with Crippen LogP contribution in [-0.2, 0) is 15.1 Å². The number of alkyl halides is 1. The lowest BCUT2D eigenvalue weighted by Crippen LogP contribution is -2.40. The summed E-state index contributed by atoms with van der Waals surface area (Å²) in [5.74, 6) is -1.04. The van der Waals surface area contributed by atoms with Gasteiger partial charge in [-0.05, 0) is 38.8 Å². The number of ether oxygens (including phenoxy) is 1. The van der Waals surface area contributed by atoms with Crippen LogP contribution in [0.25, 0.3) is 0 Å². The van der Waals surface area contributed by atoms with Crippen LogP contribution in [0.3, 0.4) is 0 Å². The maximum absolute atomic E-state index is 14.0. The lowest BCUT2D eigenvalue weighted by molar-refractivity contribution is -0.160. The van der Waals surface area contributed by atoms with Gasteiger partial charge in [0.15, 0.2) is 0 Å². The van der Waals surface area contributed by atoms with Gasteiger partial charge in [-0.25, -0.2) is 9.18 Å². The molecule has 18 heavy (non-hydrogen) atoms. The van der Waals surface area contributed by atoms with E-state index < -0.39 is 17.7 Å². The first kappa shape index (κ1) is 14.6. The third kappa shape index (κ3) is 2.88. The molecule has 0 fully saturated rings. The second-order valence-corrected chi connectivity index (χ2v) is 4.58. The van der Waals surface area contributed by atoms with Crippen molar-refractivity contribution < 1.29 is 19.0 Å². The highest BCUT2D eigenvalue weighted by Crippen LogP contribution is 2.30. The Morgan fingerprint density at radius 3 is 2.61 bits per heavy atom. The van der Waals surface area contributed by atoms with Crippen LogP contribution in [0.2, 0.25) is 0 Å². The van der Waals surface area contributed by atoms with E-state index in [4.69, 9.17) is 0 Å². The van der Waals surface area contributed by atoms with Gasteiger partial charge in [0.2, 0.25) is 6.17 Å². The number of benzene rings is 1. The second kappa shape index (κ2) is 5.48. The number of rotatable bonds is 4. The van der Waals surface area contributed by atoms with E-state index in [-0.39, 0.29) is 6.61 Å². The molecule has 0 bridgehead atoms. The van der Waals surface area contributed by atoms with Gasteiger partial charge in [-0.3, -0.25) is 0 Å². The summed E-state index contributed by atoms with van der Waals surface area (Å²) in [6, 6.07) is 5.24. The van der Waals surface area contributed by atoms with Crippen LogP contribution in [-0.4, -0.2) is 23.9 Å². The van der Waals surface area contributed by atoms with Gasteiger partial charge in [-0.15, -0.1) is 0 Å². The summed E-state index contributed by atoms with van der Waals surface area (Å²) < 4.78 is 18.6. The van der Waals surface area contributed by atoms with Crippen LogP contribution < -0.4 is 0 Å². The van der Waals surface area contributed by atoms with Gasteiger partial charge in [0, 0.05) is 0 Å². The Hall–Kier alpha value is -1.42. The van der Waals surface area contributed by atoms with Gasteiger partial charge in [0.05, 0.1) is 6.61 Å². The number of carbonyl (C=O) groups is 1. The molecular weight excluding hydrogens is 235 g/mol. The maximum Gasteiger partial charge on any atom is 0.344 e. The Kier molecular flexibility index (Phi) is 4.46. The Morgan fingerprint density at radius 1 is 1.50 bits per heavy atom. The molecule has 0 aliphatic carbocycles. The van der Waals surface area contributed by atoms with E-state index in [1.165, 1.54) is 6.92 Å². The number of halogens is 1. The topological polar surface area (TPSA) is 46.5 Å². The molecule has 1 rings (SSSR count). The molecule has 0 spiro atoms. The van der Waals surface area contributed by atoms with Crippen molar-refractivity contribution in [3.63, 3.8) is 0 Å². The summed E-state index contributed by atoms with van der Waals surface area (Å²) >= 11 is 0. The van der Waals surface area contributed by atoms with Crippen LogP contribution in [0.1, 0.15) is 30.5 Å². The van der Waals surface area contributed by atoms with E-state index in [9.17, 15) is 14.3 Å². The van der Waals surface area contributed by atoms with E-state index in [0.717, 1.165) is 11.1 Å². The predicted octanol–water partition coefficient (Wildman–Crippen LogP) is 2.41. The first-order chi connectivity index (χ1) is 8.30. The van der Waals surface area contributed by atoms with Crippen LogP contribution in [0.4, 0.5) is 4.39 Å². The van der Waals surface area contributed by atoms with Gasteiger partial charge in [-0.2, -0.15) is 0 Å². The highest BCUT2D eigenvalue weighted by atomic mass is 19.1. The molecule has 3 nitrogen and oxygen atoms in total. The molecule has 0 aliphatic heterocycles. The summed E-state index contributed by atoms with van der Waals surface area (Å²) in [6.45, 7) is 6.64. The lowest BCUT2D eigenvalue weighted by Gasteiger charge is -2.28. The molecule has 1 N–H and O–H groups in total. The molecule has 100 valence electrons. The smallest absolute Gasteiger partial charge is 0.344 e. The first-order valence-electron chi connectivity index (χ1n) is 5.91. The largest absolute Gasteiger partial charge is 0.464 e. The highest BCUT2D eigenvalue weighted by molar-refractivity contribution is 5.76. The monoisotopic (exact) mass is 254 g/mol. The number of aryl methyl sites for hydroxylation is 2. The minimum atomic E-state index is -2.10. The van der Waals surface area contributed by atoms with Crippen molar-refractivity contribution in [2.24, 2.45) is 0 Å². The molecule has 2 unspecified atom stereocenters. The Labute approximate surface area is 107 Å². The van der Waals surface area contributed by atoms with Crippen molar-refractivity contribution in [2.75, 3.05) is 6.61 Å². The summed E-state index contributed by atoms with van der Waals surface area (Å²) in [5.41, 5.74) is 0.267. The number of aliphatic hydroxyl groups is 1. The first-order valence-corrected chi connectivity index (χ1v) is 5.91. The number of hydrogen-bond donors (Lipinski definition) is 1. The van der Waals surface area contributed by atoms with Gasteiger partial charge >= 0.3 is 5.97 Å². The van der Waals surface area contributed by atoms with E-state index in [1.807, 2.05) is 13.0 Å². The molecular formula is C14H19FO3. The fraction of sp³-hybridized carbons (Fsp3) is 0.500. The Morgan fingerprint density at radius 2 is 2.11 bits per heavy atom. The van der Waals surface area contributed by atoms with Crippen LogP contribution >= 0.6 is 0 Å². The SMILES string of the molecule is CCOC(=O)C(F)C(C)(O)c1ccc(C)cc1C. The molecule has 2 atom stereocenters. The minimum absolute atomic E-state index is 0.0855. The summed E-state index contributed by atoms with van der Waals surface area (Å²) in [5, 5.41) is 10.2. The zero-order valence-corrected chi connectivity index (χ0v) is 11.2. The molecule has 0 heterocycles.